The molecule has 1 aromatic heterocycles. The van der Waals surface area contributed by atoms with Crippen molar-refractivity contribution in [1.82, 2.24) is 4.98 Å². The van der Waals surface area contributed by atoms with Gasteiger partial charge in [-0.25, -0.2) is 0 Å². The van der Waals surface area contributed by atoms with E-state index >= 15 is 0 Å². The summed E-state index contributed by atoms with van der Waals surface area (Å²) < 4.78 is 0. The molecule has 0 aliphatic rings. The van der Waals surface area contributed by atoms with E-state index in [9.17, 15) is 4.79 Å². The molecule has 0 aliphatic heterocycles. The van der Waals surface area contributed by atoms with E-state index in [1.165, 1.54) is 0 Å². The molecule has 3 N–H and O–H groups in total. The molecule has 4 rings (SSSR count). The maximum atomic E-state index is 13.2. The molecule has 0 bridgehead atoms. The van der Waals surface area contributed by atoms with E-state index in [1.54, 1.807) is 6.07 Å². The third-order valence-electron chi connectivity index (χ3n) is 5.81. The molecule has 3 aromatic carbocycles. The smallest absolute Gasteiger partial charge is 0.242 e. The number of carbonyl (C=O) groups is 1. The average molecular weight is 456 g/mol. The van der Waals surface area contributed by atoms with E-state index in [2.05, 4.69) is 10.3 Å². The van der Waals surface area contributed by atoms with Crippen LogP contribution >= 0.6 is 11.6 Å². The Bertz CT molecular complexity index is 1200. The topological polar surface area (TPSA) is 68.0 Å². The second-order valence-corrected chi connectivity index (χ2v) is 8.56. The summed E-state index contributed by atoms with van der Waals surface area (Å²) in [4.78, 5) is 17.4. The van der Waals surface area contributed by atoms with Gasteiger partial charge in [-0.3, -0.25) is 9.78 Å². The van der Waals surface area contributed by atoms with E-state index < -0.39 is 6.04 Å². The number of pyridine rings is 1. The number of halogens is 1. The van der Waals surface area contributed by atoms with Crippen LogP contribution in [0.4, 0.5) is 5.69 Å². The van der Waals surface area contributed by atoms with Gasteiger partial charge in [0.05, 0.1) is 11.1 Å². The fraction of sp³-hybridized carbons (Fsp3) is 0.143. The molecule has 0 radical (unpaired) electrons. The van der Waals surface area contributed by atoms with Crippen LogP contribution in [0.1, 0.15) is 28.2 Å². The first-order chi connectivity index (χ1) is 16.0. The maximum absolute atomic E-state index is 13.2. The van der Waals surface area contributed by atoms with Gasteiger partial charge in [0.1, 0.15) is 0 Å². The molecule has 33 heavy (non-hydrogen) atoms. The summed E-state index contributed by atoms with van der Waals surface area (Å²) in [6, 6.07) is 24.5. The van der Waals surface area contributed by atoms with Crippen LogP contribution in [0.5, 0.6) is 0 Å². The molecule has 166 valence electrons. The molecule has 0 saturated carbocycles. The molecular formula is C28H26ClN3O. The highest BCUT2D eigenvalue weighted by Crippen LogP contribution is 2.34. The van der Waals surface area contributed by atoms with E-state index in [4.69, 9.17) is 17.3 Å². The average Bonchev–Trinajstić information content (AvgIpc) is 2.82. The van der Waals surface area contributed by atoms with Crippen LogP contribution in [-0.4, -0.2) is 16.9 Å². The molecule has 4 nitrogen and oxygen atoms in total. The number of hydrogen-bond donors (Lipinski definition) is 2. The van der Waals surface area contributed by atoms with Crippen LogP contribution in [0.15, 0.2) is 91.3 Å². The minimum absolute atomic E-state index is 0.271. The van der Waals surface area contributed by atoms with Gasteiger partial charge in [0.25, 0.3) is 0 Å². The summed E-state index contributed by atoms with van der Waals surface area (Å²) in [7, 11) is 0. The zero-order valence-corrected chi connectivity index (χ0v) is 19.4. The van der Waals surface area contributed by atoms with Gasteiger partial charge >= 0.3 is 0 Å². The van der Waals surface area contributed by atoms with Crippen molar-refractivity contribution in [2.75, 3.05) is 5.32 Å². The predicted octanol–water partition coefficient (Wildman–Crippen LogP) is 6.12. The molecule has 0 fully saturated rings. The van der Waals surface area contributed by atoms with E-state index in [0.717, 1.165) is 33.4 Å². The van der Waals surface area contributed by atoms with Gasteiger partial charge in [-0.1, -0.05) is 78.3 Å². The Morgan fingerprint density at radius 2 is 1.42 bits per heavy atom. The number of amides is 1. The van der Waals surface area contributed by atoms with E-state index in [-0.39, 0.29) is 11.8 Å². The molecule has 4 aromatic rings. The van der Waals surface area contributed by atoms with Crippen molar-refractivity contribution in [1.29, 1.82) is 0 Å². The number of hydrogen-bond acceptors (Lipinski definition) is 3. The van der Waals surface area contributed by atoms with Crippen molar-refractivity contribution >= 4 is 23.2 Å². The minimum atomic E-state index is -0.780. The lowest BCUT2D eigenvalue weighted by Gasteiger charge is -2.24. The zero-order valence-electron chi connectivity index (χ0n) is 18.6. The first-order valence-corrected chi connectivity index (χ1v) is 11.2. The number of nitrogens with one attached hydrogen (secondary N) is 1. The van der Waals surface area contributed by atoms with Crippen LogP contribution < -0.4 is 11.1 Å². The van der Waals surface area contributed by atoms with Crippen molar-refractivity contribution in [2.24, 2.45) is 5.73 Å². The second kappa shape index (κ2) is 9.99. The second-order valence-electron chi connectivity index (χ2n) is 8.16. The van der Waals surface area contributed by atoms with Crippen molar-refractivity contribution in [3.8, 4) is 11.1 Å². The number of nitrogens with two attached hydrogens (primary N) is 1. The van der Waals surface area contributed by atoms with Crippen molar-refractivity contribution in [3.63, 3.8) is 0 Å². The number of benzene rings is 3. The molecule has 1 atom stereocenters. The standard InChI is InChI=1S/C28H26ClN3O/c1-18-16-31-17-19(2)25(18)23-14-13-22(15-24(23)29)32-28(33)27(30)26(20-9-5-3-6-10-20)21-11-7-4-8-12-21/h3-17,26-27H,30H2,1-2H3,(H,32,33)/t27-/m0/s1. The number of nitrogens with zero attached hydrogens (tertiary/aromatic N) is 1. The van der Waals surface area contributed by atoms with Crippen LogP contribution in [0.3, 0.4) is 0 Å². The lowest BCUT2D eigenvalue weighted by atomic mass is 9.85. The molecule has 1 heterocycles. The Balaban J connectivity index is 1.60. The van der Waals surface area contributed by atoms with Crippen LogP contribution in [0, 0.1) is 13.8 Å². The van der Waals surface area contributed by atoms with Gasteiger partial charge in [0.15, 0.2) is 0 Å². The van der Waals surface area contributed by atoms with Crippen LogP contribution in [0.2, 0.25) is 5.02 Å². The molecule has 0 saturated heterocycles. The Morgan fingerprint density at radius 3 is 1.94 bits per heavy atom. The normalized spacial score (nSPS) is 11.9. The summed E-state index contributed by atoms with van der Waals surface area (Å²) >= 11 is 6.62. The number of anilines is 1. The number of rotatable bonds is 6. The first-order valence-electron chi connectivity index (χ1n) is 10.8. The summed E-state index contributed by atoms with van der Waals surface area (Å²) in [5.74, 6) is -0.544. The lowest BCUT2D eigenvalue weighted by molar-refractivity contribution is -0.117. The Morgan fingerprint density at radius 1 is 0.879 bits per heavy atom. The predicted molar refractivity (Wildman–Crippen MR) is 135 cm³/mol. The molecular weight excluding hydrogens is 430 g/mol. The maximum Gasteiger partial charge on any atom is 0.242 e. The van der Waals surface area contributed by atoms with Gasteiger partial charge in [-0.15, -0.1) is 0 Å². The highest BCUT2D eigenvalue weighted by Gasteiger charge is 2.28. The van der Waals surface area contributed by atoms with Crippen LogP contribution in [0.25, 0.3) is 11.1 Å². The fourth-order valence-electron chi connectivity index (χ4n) is 4.23. The third kappa shape index (κ3) is 4.98. The van der Waals surface area contributed by atoms with Gasteiger partial charge < -0.3 is 11.1 Å². The SMILES string of the molecule is Cc1cncc(C)c1-c1ccc(NC(=O)[C@@H](N)C(c2ccccc2)c2ccccc2)cc1Cl. The quantitative estimate of drug-likeness (QED) is 0.368. The van der Waals surface area contributed by atoms with E-state index in [0.29, 0.717) is 10.7 Å². The number of aromatic nitrogens is 1. The lowest BCUT2D eigenvalue weighted by Crippen LogP contribution is -2.41. The third-order valence-corrected chi connectivity index (χ3v) is 6.12. The van der Waals surface area contributed by atoms with Gasteiger partial charge in [0, 0.05) is 29.6 Å². The number of aryl methyl sites for hydroxylation is 2. The van der Waals surface area contributed by atoms with E-state index in [1.807, 2.05) is 99.0 Å². The molecule has 1 amide bonds. The highest BCUT2D eigenvalue weighted by atomic mass is 35.5. The Hall–Kier alpha value is -3.47. The molecule has 0 aliphatic carbocycles. The fourth-order valence-corrected chi connectivity index (χ4v) is 4.50. The summed E-state index contributed by atoms with van der Waals surface area (Å²) in [6.07, 6.45) is 3.64. The zero-order chi connectivity index (χ0) is 23.4. The van der Waals surface area contributed by atoms with Crippen molar-refractivity contribution in [3.05, 3.63) is 119 Å². The Kier molecular flexibility index (Phi) is 6.87. The first kappa shape index (κ1) is 22.7. The van der Waals surface area contributed by atoms with Gasteiger partial charge in [-0.05, 0) is 53.8 Å². The van der Waals surface area contributed by atoms with Crippen LogP contribution in [-0.2, 0) is 4.79 Å². The molecule has 0 unspecified atom stereocenters. The Labute approximate surface area is 199 Å². The molecule has 0 spiro atoms. The van der Waals surface area contributed by atoms with Crippen molar-refractivity contribution in [2.45, 2.75) is 25.8 Å². The van der Waals surface area contributed by atoms with Crippen molar-refractivity contribution < 1.29 is 4.79 Å². The largest absolute Gasteiger partial charge is 0.325 e. The monoisotopic (exact) mass is 455 g/mol. The van der Waals surface area contributed by atoms with Gasteiger partial charge in [0.2, 0.25) is 5.91 Å². The summed E-state index contributed by atoms with van der Waals surface area (Å²) in [6.45, 7) is 4.02. The summed E-state index contributed by atoms with van der Waals surface area (Å²) in [5.41, 5.74) is 13.2. The minimum Gasteiger partial charge on any atom is -0.325 e. The summed E-state index contributed by atoms with van der Waals surface area (Å²) in [5, 5.41) is 3.51. The molecule has 5 heteroatoms. The number of carbonyl (C=O) groups excluding carboxylic acids is 1. The highest BCUT2D eigenvalue weighted by molar-refractivity contribution is 6.33. The van der Waals surface area contributed by atoms with Gasteiger partial charge in [-0.2, -0.15) is 0 Å².